The molecule has 0 amide bonds. The zero-order valence-electron chi connectivity index (χ0n) is 27.1. The molecule has 0 aliphatic heterocycles. The van der Waals surface area contributed by atoms with Crippen LogP contribution in [-0.2, 0) is 0 Å². The van der Waals surface area contributed by atoms with Gasteiger partial charge < -0.3 is 13.4 Å². The third kappa shape index (κ3) is 4.26. The fourth-order valence-electron chi connectivity index (χ4n) is 7.47. The lowest BCUT2D eigenvalue weighted by molar-refractivity contribution is 0.633. The maximum Gasteiger partial charge on any atom is 0.178 e. The molecule has 7 aromatic carbocycles. The topological polar surface area (TPSA) is 69.9 Å². The maximum absolute atomic E-state index is 6.66. The van der Waals surface area contributed by atoms with Gasteiger partial charge in [-0.2, -0.15) is 0 Å². The maximum atomic E-state index is 6.66. The van der Waals surface area contributed by atoms with Crippen LogP contribution in [0.1, 0.15) is 0 Å². The molecule has 0 aliphatic rings. The van der Waals surface area contributed by atoms with Crippen LogP contribution in [0.4, 0.5) is 0 Å². The van der Waals surface area contributed by atoms with Crippen molar-refractivity contribution < 1.29 is 8.83 Å². The van der Waals surface area contributed by atoms with Crippen molar-refractivity contribution in [3.05, 3.63) is 158 Å². The molecule has 0 fully saturated rings. The van der Waals surface area contributed by atoms with Gasteiger partial charge in [-0.1, -0.05) is 97.1 Å². The fourth-order valence-corrected chi connectivity index (χ4v) is 7.47. The standard InChI is InChI=1S/C45H26N4O2/c1-3-11-27(12-4-1)43-46-44(28-13-5-2-6-14-28)48-45(47-43)29-19-24-39-36(25-29)35-23-22-34-33-21-20-30(26-40(33)51-41(34)42(35)50-39)49-37-17-9-7-15-31(37)32-16-8-10-18-38(32)49/h1-26H. The van der Waals surface area contributed by atoms with E-state index in [2.05, 4.69) is 89.5 Å². The van der Waals surface area contributed by atoms with Crippen molar-refractivity contribution >= 4 is 65.7 Å². The van der Waals surface area contributed by atoms with Crippen LogP contribution in [0.5, 0.6) is 0 Å². The van der Waals surface area contributed by atoms with Gasteiger partial charge in [-0.05, 0) is 54.6 Å². The number of furan rings is 2. The van der Waals surface area contributed by atoms with E-state index in [1.165, 1.54) is 10.8 Å². The molecular formula is C45H26N4O2. The molecular weight excluding hydrogens is 629 g/mol. The van der Waals surface area contributed by atoms with E-state index in [9.17, 15) is 0 Å². The Labute approximate surface area is 290 Å². The molecule has 4 aromatic heterocycles. The van der Waals surface area contributed by atoms with E-state index >= 15 is 0 Å². The number of hydrogen-bond donors (Lipinski definition) is 0. The van der Waals surface area contributed by atoms with E-state index in [0.717, 1.165) is 77.3 Å². The van der Waals surface area contributed by atoms with Crippen LogP contribution in [0.2, 0.25) is 0 Å². The Morgan fingerprint density at radius 3 is 1.49 bits per heavy atom. The van der Waals surface area contributed by atoms with Gasteiger partial charge in [-0.15, -0.1) is 0 Å². The lowest BCUT2D eigenvalue weighted by Gasteiger charge is -2.08. The Morgan fingerprint density at radius 2 is 0.863 bits per heavy atom. The molecule has 6 heteroatoms. The normalized spacial score (nSPS) is 11.9. The van der Waals surface area contributed by atoms with Crippen LogP contribution >= 0.6 is 0 Å². The molecule has 0 atom stereocenters. The van der Waals surface area contributed by atoms with E-state index in [0.29, 0.717) is 17.5 Å². The molecule has 11 aromatic rings. The van der Waals surface area contributed by atoms with Crippen molar-refractivity contribution in [3.8, 4) is 39.9 Å². The van der Waals surface area contributed by atoms with Gasteiger partial charge in [0, 0.05) is 60.8 Å². The summed E-state index contributed by atoms with van der Waals surface area (Å²) in [5, 5.41) is 6.46. The first-order chi connectivity index (χ1) is 25.3. The second kappa shape index (κ2) is 10.7. The number of aromatic nitrogens is 4. The summed E-state index contributed by atoms with van der Waals surface area (Å²) in [7, 11) is 0. The molecule has 238 valence electrons. The Morgan fingerprint density at radius 1 is 0.353 bits per heavy atom. The van der Waals surface area contributed by atoms with Crippen molar-refractivity contribution in [1.29, 1.82) is 0 Å². The highest BCUT2D eigenvalue weighted by molar-refractivity contribution is 6.19. The van der Waals surface area contributed by atoms with Crippen molar-refractivity contribution in [2.45, 2.75) is 0 Å². The lowest BCUT2D eigenvalue weighted by Crippen LogP contribution is -2.00. The van der Waals surface area contributed by atoms with Gasteiger partial charge in [0.1, 0.15) is 11.2 Å². The second-order valence-corrected chi connectivity index (χ2v) is 12.8. The monoisotopic (exact) mass is 654 g/mol. The van der Waals surface area contributed by atoms with Gasteiger partial charge in [0.15, 0.2) is 28.6 Å². The molecule has 0 aliphatic carbocycles. The summed E-state index contributed by atoms with van der Waals surface area (Å²) in [6, 6.07) is 54.0. The predicted octanol–water partition coefficient (Wildman–Crippen LogP) is 11.8. The van der Waals surface area contributed by atoms with E-state index < -0.39 is 0 Å². The first-order valence-corrected chi connectivity index (χ1v) is 16.9. The van der Waals surface area contributed by atoms with Crippen LogP contribution in [0.3, 0.4) is 0 Å². The number of hydrogen-bond acceptors (Lipinski definition) is 5. The number of nitrogens with zero attached hydrogens (tertiary/aromatic N) is 4. The van der Waals surface area contributed by atoms with E-state index in [4.69, 9.17) is 23.8 Å². The van der Waals surface area contributed by atoms with Gasteiger partial charge in [-0.3, -0.25) is 0 Å². The SMILES string of the molecule is c1ccc(-c2nc(-c3ccccc3)nc(-c3ccc4oc5c(ccc6c7ccc(-n8c9ccccc9c9ccccc98)cc7oc65)c4c3)n2)cc1. The molecule has 0 unspecified atom stereocenters. The lowest BCUT2D eigenvalue weighted by atomic mass is 10.1. The van der Waals surface area contributed by atoms with E-state index in [1.54, 1.807) is 0 Å². The Hall–Kier alpha value is -7.05. The zero-order valence-corrected chi connectivity index (χ0v) is 27.1. The van der Waals surface area contributed by atoms with Crippen molar-refractivity contribution in [2.24, 2.45) is 0 Å². The third-order valence-corrected chi connectivity index (χ3v) is 9.86. The highest BCUT2D eigenvalue weighted by atomic mass is 16.4. The Balaban J connectivity index is 1.07. The summed E-state index contributed by atoms with van der Waals surface area (Å²) in [6.45, 7) is 0. The Bertz CT molecular complexity index is 3030. The molecule has 6 nitrogen and oxygen atoms in total. The number of rotatable bonds is 4. The molecule has 0 saturated carbocycles. The average molecular weight is 655 g/mol. The van der Waals surface area contributed by atoms with Crippen LogP contribution < -0.4 is 0 Å². The highest BCUT2D eigenvalue weighted by Gasteiger charge is 2.19. The molecule has 0 saturated heterocycles. The molecule has 0 N–H and O–H groups in total. The summed E-state index contributed by atoms with van der Waals surface area (Å²) in [5.74, 6) is 1.85. The van der Waals surface area contributed by atoms with E-state index in [1.807, 2.05) is 72.8 Å². The minimum atomic E-state index is 0.598. The number of fused-ring (bicyclic) bond motifs is 10. The van der Waals surface area contributed by atoms with Crippen LogP contribution in [0, 0.1) is 0 Å². The summed E-state index contributed by atoms with van der Waals surface area (Å²) < 4.78 is 15.5. The van der Waals surface area contributed by atoms with Crippen molar-refractivity contribution in [3.63, 3.8) is 0 Å². The number of para-hydroxylation sites is 2. The highest BCUT2D eigenvalue weighted by Crippen LogP contribution is 2.41. The summed E-state index contributed by atoms with van der Waals surface area (Å²) in [4.78, 5) is 14.7. The molecule has 0 bridgehead atoms. The Kier molecular flexibility index (Phi) is 5.86. The molecule has 0 spiro atoms. The van der Waals surface area contributed by atoms with Gasteiger partial charge >= 0.3 is 0 Å². The summed E-state index contributed by atoms with van der Waals surface area (Å²) in [6.07, 6.45) is 0. The first-order valence-electron chi connectivity index (χ1n) is 16.9. The van der Waals surface area contributed by atoms with Crippen LogP contribution in [-0.4, -0.2) is 19.5 Å². The molecule has 51 heavy (non-hydrogen) atoms. The van der Waals surface area contributed by atoms with Crippen LogP contribution in [0.25, 0.3) is 106 Å². The summed E-state index contributed by atoms with van der Waals surface area (Å²) in [5.41, 5.74) is 9.15. The van der Waals surface area contributed by atoms with Crippen LogP contribution in [0.15, 0.2) is 167 Å². The predicted molar refractivity (Wildman–Crippen MR) is 205 cm³/mol. The second-order valence-electron chi connectivity index (χ2n) is 12.8. The van der Waals surface area contributed by atoms with Gasteiger partial charge in [0.25, 0.3) is 0 Å². The average Bonchev–Trinajstić information content (AvgIpc) is 3.87. The smallest absolute Gasteiger partial charge is 0.178 e. The third-order valence-electron chi connectivity index (χ3n) is 9.86. The number of benzene rings is 7. The van der Waals surface area contributed by atoms with Gasteiger partial charge in [0.2, 0.25) is 0 Å². The van der Waals surface area contributed by atoms with Crippen molar-refractivity contribution in [1.82, 2.24) is 19.5 Å². The van der Waals surface area contributed by atoms with E-state index in [-0.39, 0.29) is 0 Å². The quantitative estimate of drug-likeness (QED) is 0.189. The minimum Gasteiger partial charge on any atom is -0.452 e. The molecule has 4 heterocycles. The molecule has 11 rings (SSSR count). The zero-order chi connectivity index (χ0) is 33.5. The molecule has 0 radical (unpaired) electrons. The van der Waals surface area contributed by atoms with Crippen molar-refractivity contribution in [2.75, 3.05) is 0 Å². The minimum absolute atomic E-state index is 0.598. The fraction of sp³-hybridized carbons (Fsp3) is 0. The largest absolute Gasteiger partial charge is 0.452 e. The van der Waals surface area contributed by atoms with Gasteiger partial charge in [0.05, 0.1) is 11.0 Å². The summed E-state index contributed by atoms with van der Waals surface area (Å²) >= 11 is 0. The van der Waals surface area contributed by atoms with Gasteiger partial charge in [-0.25, -0.2) is 15.0 Å². The first kappa shape index (κ1) is 27.9.